The lowest BCUT2D eigenvalue weighted by Gasteiger charge is -2.32. The van der Waals surface area contributed by atoms with Crippen LogP contribution in [0.5, 0.6) is 0 Å². The van der Waals surface area contributed by atoms with Crippen LogP contribution in [0.1, 0.15) is 12.5 Å². The van der Waals surface area contributed by atoms with Crippen LogP contribution in [0.3, 0.4) is 0 Å². The van der Waals surface area contributed by atoms with Crippen LogP contribution in [0.4, 0.5) is 0 Å². The summed E-state index contributed by atoms with van der Waals surface area (Å²) >= 11 is 0. The number of rotatable bonds is 4. The van der Waals surface area contributed by atoms with Gasteiger partial charge < -0.3 is 5.32 Å². The Balaban J connectivity index is 0.00000264. The molecule has 0 aliphatic carbocycles. The van der Waals surface area contributed by atoms with Gasteiger partial charge in [0, 0.05) is 25.7 Å². The molecule has 0 saturated carbocycles. The number of nitrogens with zero attached hydrogens (tertiary/aromatic N) is 1. The van der Waals surface area contributed by atoms with Crippen molar-refractivity contribution < 1.29 is 16.8 Å². The molecule has 1 heterocycles. The van der Waals surface area contributed by atoms with Crippen LogP contribution in [0.2, 0.25) is 0 Å². The normalized spacial score (nSPS) is 20.0. The summed E-state index contributed by atoms with van der Waals surface area (Å²) in [4.78, 5) is 0.205. The first kappa shape index (κ1) is 20.3. The van der Waals surface area contributed by atoms with Crippen molar-refractivity contribution >= 4 is 32.5 Å². The van der Waals surface area contributed by atoms with Gasteiger partial charge in [0.25, 0.3) is 0 Å². The Hall–Kier alpha value is -0.710. The molecule has 1 aromatic rings. The van der Waals surface area contributed by atoms with E-state index in [1.165, 1.54) is 29.6 Å². The van der Waals surface area contributed by atoms with Gasteiger partial charge in [-0.05, 0) is 44.7 Å². The fourth-order valence-electron chi connectivity index (χ4n) is 2.51. The molecule has 23 heavy (non-hydrogen) atoms. The summed E-state index contributed by atoms with van der Waals surface area (Å²) in [6, 6.07) is 3.95. The molecular weight excluding hydrogens is 362 g/mol. The Kier molecular flexibility index (Phi) is 6.59. The van der Waals surface area contributed by atoms with Gasteiger partial charge in [-0.2, -0.15) is 4.31 Å². The summed E-state index contributed by atoms with van der Waals surface area (Å²) < 4.78 is 52.8. The van der Waals surface area contributed by atoms with Gasteiger partial charge in [-0.15, -0.1) is 12.4 Å². The van der Waals surface area contributed by atoms with E-state index in [2.05, 4.69) is 10.0 Å². The average Bonchev–Trinajstić information content (AvgIpc) is 2.47. The van der Waals surface area contributed by atoms with Crippen molar-refractivity contribution in [2.45, 2.75) is 29.7 Å². The number of halogens is 1. The number of sulfonamides is 2. The van der Waals surface area contributed by atoms with E-state index >= 15 is 0 Å². The molecular formula is C13H22ClN3O4S2. The van der Waals surface area contributed by atoms with Gasteiger partial charge in [0.15, 0.2) is 0 Å². The SMILES string of the molecule is CNS(=O)(=O)c1ccc(S(=O)(=O)N2CCNC[C@H]2C)cc1C.Cl. The van der Waals surface area contributed by atoms with Crippen molar-refractivity contribution in [3.05, 3.63) is 23.8 Å². The molecule has 1 aliphatic heterocycles. The number of nitrogens with one attached hydrogen (secondary N) is 2. The maximum Gasteiger partial charge on any atom is 0.243 e. The summed E-state index contributed by atoms with van der Waals surface area (Å²) in [5, 5.41) is 3.14. The first-order valence-corrected chi connectivity index (χ1v) is 9.89. The zero-order valence-corrected chi connectivity index (χ0v) is 15.7. The Bertz CT molecular complexity index is 765. The molecule has 0 spiro atoms. The monoisotopic (exact) mass is 383 g/mol. The Morgan fingerprint density at radius 3 is 2.43 bits per heavy atom. The molecule has 1 atom stereocenters. The minimum atomic E-state index is -3.62. The molecule has 1 aromatic carbocycles. The highest BCUT2D eigenvalue weighted by atomic mass is 35.5. The third kappa shape index (κ3) is 4.04. The van der Waals surface area contributed by atoms with Crippen LogP contribution in [0, 0.1) is 6.92 Å². The van der Waals surface area contributed by atoms with Crippen LogP contribution in [0.25, 0.3) is 0 Å². The first-order chi connectivity index (χ1) is 10.2. The number of hydrogen-bond donors (Lipinski definition) is 2. The molecule has 10 heteroatoms. The molecule has 1 saturated heterocycles. The van der Waals surface area contributed by atoms with E-state index in [1.54, 1.807) is 6.92 Å². The van der Waals surface area contributed by atoms with Crippen LogP contribution >= 0.6 is 12.4 Å². The van der Waals surface area contributed by atoms with Gasteiger partial charge in [0.1, 0.15) is 0 Å². The molecule has 0 unspecified atom stereocenters. The van der Waals surface area contributed by atoms with Crippen molar-refractivity contribution in [1.29, 1.82) is 0 Å². The zero-order chi connectivity index (χ0) is 16.5. The second-order valence-corrected chi connectivity index (χ2v) is 9.05. The Labute approximate surface area is 144 Å². The summed E-state index contributed by atoms with van der Waals surface area (Å²) in [5.41, 5.74) is 0.401. The fourth-order valence-corrected chi connectivity index (χ4v) is 5.18. The van der Waals surface area contributed by atoms with Gasteiger partial charge in [0.05, 0.1) is 9.79 Å². The molecule has 0 radical (unpaired) electrons. The summed E-state index contributed by atoms with van der Waals surface area (Å²) in [6.45, 7) is 5.04. The zero-order valence-electron chi connectivity index (χ0n) is 13.2. The van der Waals surface area contributed by atoms with Crippen molar-refractivity contribution in [2.75, 3.05) is 26.7 Å². The van der Waals surface area contributed by atoms with Crippen molar-refractivity contribution in [1.82, 2.24) is 14.3 Å². The second-order valence-electron chi connectivity index (χ2n) is 5.30. The lowest BCUT2D eigenvalue weighted by atomic mass is 10.2. The predicted octanol–water partition coefficient (Wildman–Crippen LogP) is 0.307. The number of benzene rings is 1. The van der Waals surface area contributed by atoms with E-state index in [4.69, 9.17) is 0 Å². The third-order valence-corrected chi connectivity index (χ3v) is 7.34. The molecule has 0 aromatic heterocycles. The smallest absolute Gasteiger partial charge is 0.243 e. The quantitative estimate of drug-likeness (QED) is 0.780. The van der Waals surface area contributed by atoms with Gasteiger partial charge >= 0.3 is 0 Å². The van der Waals surface area contributed by atoms with Crippen LogP contribution < -0.4 is 10.0 Å². The van der Waals surface area contributed by atoms with Gasteiger partial charge in [-0.3, -0.25) is 0 Å². The summed E-state index contributed by atoms with van der Waals surface area (Å²) in [6.07, 6.45) is 0. The van der Waals surface area contributed by atoms with Crippen LogP contribution in [-0.4, -0.2) is 53.9 Å². The predicted molar refractivity (Wildman–Crippen MR) is 90.9 cm³/mol. The highest BCUT2D eigenvalue weighted by Crippen LogP contribution is 2.23. The maximum absolute atomic E-state index is 12.7. The summed E-state index contributed by atoms with van der Waals surface area (Å²) in [5.74, 6) is 0. The van der Waals surface area contributed by atoms with Crippen LogP contribution in [-0.2, 0) is 20.0 Å². The maximum atomic E-state index is 12.7. The molecule has 0 bridgehead atoms. The number of piperazine rings is 1. The van der Waals surface area contributed by atoms with E-state index in [-0.39, 0.29) is 28.2 Å². The van der Waals surface area contributed by atoms with Crippen molar-refractivity contribution in [2.24, 2.45) is 0 Å². The van der Waals surface area contributed by atoms with Crippen molar-refractivity contribution in [3.63, 3.8) is 0 Å². The average molecular weight is 384 g/mol. The fraction of sp³-hybridized carbons (Fsp3) is 0.538. The molecule has 2 rings (SSSR count). The van der Waals surface area contributed by atoms with E-state index in [1.807, 2.05) is 6.92 Å². The standard InChI is InChI=1S/C13H21N3O4S2.ClH/c1-10-8-12(4-5-13(10)21(17,18)14-3)22(19,20)16-7-6-15-9-11(16)2;/h4-5,8,11,14-15H,6-7,9H2,1-3H3;1H/t11-;/m1./s1. The van der Waals surface area contributed by atoms with Gasteiger partial charge in [-0.1, -0.05) is 0 Å². The molecule has 132 valence electrons. The van der Waals surface area contributed by atoms with E-state index < -0.39 is 20.0 Å². The highest BCUT2D eigenvalue weighted by Gasteiger charge is 2.31. The molecule has 1 fully saturated rings. The van der Waals surface area contributed by atoms with Crippen LogP contribution in [0.15, 0.2) is 28.0 Å². The minimum absolute atomic E-state index is 0. The van der Waals surface area contributed by atoms with E-state index in [0.717, 1.165) is 0 Å². The van der Waals surface area contributed by atoms with Gasteiger partial charge in [-0.25, -0.2) is 21.6 Å². The van der Waals surface area contributed by atoms with Crippen molar-refractivity contribution in [3.8, 4) is 0 Å². The lowest BCUT2D eigenvalue weighted by Crippen LogP contribution is -2.52. The number of hydrogen-bond acceptors (Lipinski definition) is 5. The van der Waals surface area contributed by atoms with Gasteiger partial charge in [0.2, 0.25) is 20.0 Å². The second kappa shape index (κ2) is 7.45. The summed E-state index contributed by atoms with van der Waals surface area (Å²) in [7, 11) is -5.90. The topological polar surface area (TPSA) is 95.6 Å². The highest BCUT2D eigenvalue weighted by molar-refractivity contribution is 7.89. The molecule has 7 nitrogen and oxygen atoms in total. The largest absolute Gasteiger partial charge is 0.314 e. The molecule has 1 aliphatic rings. The first-order valence-electron chi connectivity index (χ1n) is 6.97. The third-order valence-electron chi connectivity index (χ3n) is 3.75. The molecule has 2 N–H and O–H groups in total. The van der Waals surface area contributed by atoms with E-state index in [0.29, 0.717) is 25.2 Å². The Morgan fingerprint density at radius 1 is 1.26 bits per heavy atom. The lowest BCUT2D eigenvalue weighted by molar-refractivity contribution is 0.284. The van der Waals surface area contributed by atoms with E-state index in [9.17, 15) is 16.8 Å². The Morgan fingerprint density at radius 2 is 1.91 bits per heavy atom. The number of aryl methyl sites for hydroxylation is 1. The minimum Gasteiger partial charge on any atom is -0.314 e. The molecule has 0 amide bonds.